The number of aryl methyl sites for hydroxylation is 3. The van der Waals surface area contributed by atoms with Crippen LogP contribution in [0, 0.1) is 6.92 Å². The van der Waals surface area contributed by atoms with Crippen LogP contribution in [-0.2, 0) is 13.6 Å². The zero-order valence-electron chi connectivity index (χ0n) is 16.2. The number of hydrogen-bond acceptors (Lipinski definition) is 6. The number of nitrogen functional groups attached to an aromatic ring is 1. The topological polar surface area (TPSA) is 101 Å². The van der Waals surface area contributed by atoms with Crippen LogP contribution in [-0.4, -0.2) is 30.7 Å². The van der Waals surface area contributed by atoms with Gasteiger partial charge in [-0.15, -0.1) is 0 Å². The Morgan fingerprint density at radius 1 is 1.24 bits per heavy atom. The van der Waals surface area contributed by atoms with Crippen LogP contribution in [0.3, 0.4) is 0 Å². The van der Waals surface area contributed by atoms with Crippen LogP contribution in [0.15, 0.2) is 35.4 Å². The lowest BCUT2D eigenvalue weighted by Crippen LogP contribution is -2.22. The Morgan fingerprint density at radius 3 is 2.90 bits per heavy atom. The fourth-order valence-corrected chi connectivity index (χ4v) is 3.45. The van der Waals surface area contributed by atoms with E-state index < -0.39 is 0 Å². The molecule has 0 saturated carbocycles. The molecule has 0 aliphatic rings. The van der Waals surface area contributed by atoms with E-state index in [0.29, 0.717) is 30.0 Å². The number of ether oxygens (including phenoxy) is 1. The van der Waals surface area contributed by atoms with Crippen molar-refractivity contribution in [3.8, 4) is 5.75 Å². The highest BCUT2D eigenvalue weighted by Crippen LogP contribution is 2.28. The molecule has 29 heavy (non-hydrogen) atoms. The molecule has 0 saturated heterocycles. The van der Waals surface area contributed by atoms with E-state index in [9.17, 15) is 4.79 Å². The summed E-state index contributed by atoms with van der Waals surface area (Å²) in [5.74, 6) is 0.753. The Morgan fingerprint density at radius 2 is 2.07 bits per heavy atom. The summed E-state index contributed by atoms with van der Waals surface area (Å²) < 4.78 is 9.10. The molecule has 0 amide bonds. The van der Waals surface area contributed by atoms with Gasteiger partial charge in [-0.05, 0) is 55.1 Å². The highest BCUT2D eigenvalue weighted by Gasteiger charge is 2.13. The molecule has 0 fully saturated rings. The van der Waals surface area contributed by atoms with E-state index in [4.69, 9.17) is 22.1 Å². The van der Waals surface area contributed by atoms with Crippen LogP contribution < -0.4 is 16.2 Å². The van der Waals surface area contributed by atoms with Crippen molar-refractivity contribution in [3.63, 3.8) is 0 Å². The molecule has 8 nitrogen and oxygen atoms in total. The lowest BCUT2D eigenvalue weighted by atomic mass is 10.1. The first-order chi connectivity index (χ1) is 14.0. The Balaban J connectivity index is 1.43. The molecule has 0 radical (unpaired) electrons. The van der Waals surface area contributed by atoms with Gasteiger partial charge in [0.25, 0.3) is 0 Å². The van der Waals surface area contributed by atoms with Gasteiger partial charge in [-0.2, -0.15) is 4.98 Å². The van der Waals surface area contributed by atoms with E-state index in [1.165, 1.54) is 4.57 Å². The number of aromatic nitrogens is 5. The first kappa shape index (κ1) is 19.2. The molecule has 0 atom stereocenters. The summed E-state index contributed by atoms with van der Waals surface area (Å²) in [6.07, 6.45) is 4.82. The van der Waals surface area contributed by atoms with Gasteiger partial charge in [-0.3, -0.25) is 14.1 Å². The normalized spacial score (nSPS) is 11.4. The van der Waals surface area contributed by atoms with Gasteiger partial charge >= 0.3 is 5.69 Å². The molecule has 3 aromatic heterocycles. The maximum atomic E-state index is 12.5. The summed E-state index contributed by atoms with van der Waals surface area (Å²) in [6.45, 7) is 3.00. The van der Waals surface area contributed by atoms with E-state index in [1.807, 2.05) is 25.1 Å². The summed E-state index contributed by atoms with van der Waals surface area (Å²) in [6, 6.07) is 5.69. The summed E-state index contributed by atoms with van der Waals surface area (Å²) >= 11 is 5.89. The van der Waals surface area contributed by atoms with Gasteiger partial charge in [0.15, 0.2) is 5.65 Å². The molecular formula is C20H21ClN6O2. The number of nitrogens with two attached hydrogens (primary N) is 1. The van der Waals surface area contributed by atoms with Gasteiger partial charge in [0.2, 0.25) is 5.28 Å². The Bertz CT molecular complexity index is 1260. The maximum absolute atomic E-state index is 12.5. The number of unbranched alkanes of at least 4 members (excludes halogenated alkanes) is 1. The largest absolute Gasteiger partial charge is 0.493 e. The van der Waals surface area contributed by atoms with E-state index in [-0.39, 0.29) is 11.0 Å². The Hall–Kier alpha value is -3.13. The molecule has 9 heteroatoms. The van der Waals surface area contributed by atoms with Crippen LogP contribution in [0.25, 0.3) is 22.1 Å². The number of rotatable bonds is 6. The molecule has 0 aliphatic carbocycles. The Labute approximate surface area is 171 Å². The molecule has 0 spiro atoms. The number of anilines is 1. The number of fused-ring (bicyclic) bond motifs is 2. The molecule has 2 N–H and O–H groups in total. The van der Waals surface area contributed by atoms with Crippen molar-refractivity contribution in [1.82, 2.24) is 24.1 Å². The predicted molar refractivity (Wildman–Crippen MR) is 113 cm³/mol. The molecule has 1 aromatic carbocycles. The number of benzene rings is 1. The van der Waals surface area contributed by atoms with Crippen molar-refractivity contribution >= 4 is 39.4 Å². The summed E-state index contributed by atoms with van der Waals surface area (Å²) in [5, 5.41) is 1.02. The number of halogens is 1. The quantitative estimate of drug-likeness (QED) is 0.296. The minimum atomic E-state index is -0.136. The summed E-state index contributed by atoms with van der Waals surface area (Å²) in [7, 11) is 1.70. The predicted octanol–water partition coefficient (Wildman–Crippen LogP) is 3.08. The molecule has 0 aliphatic heterocycles. The van der Waals surface area contributed by atoms with Crippen LogP contribution >= 0.6 is 11.6 Å². The smallest absolute Gasteiger partial charge is 0.330 e. The number of imidazole rings is 1. The number of nitrogens with zero attached hydrogens (tertiary/aromatic N) is 5. The van der Waals surface area contributed by atoms with Gasteiger partial charge in [0.1, 0.15) is 11.3 Å². The minimum absolute atomic E-state index is 0.124. The summed E-state index contributed by atoms with van der Waals surface area (Å²) in [4.78, 5) is 25.0. The van der Waals surface area contributed by atoms with E-state index in [1.54, 1.807) is 24.0 Å². The fourth-order valence-electron chi connectivity index (χ4n) is 3.33. The van der Waals surface area contributed by atoms with Gasteiger partial charge < -0.3 is 10.5 Å². The average Bonchev–Trinajstić information content (AvgIpc) is 2.93. The zero-order valence-corrected chi connectivity index (χ0v) is 17.0. The zero-order chi connectivity index (χ0) is 20.5. The number of hydrogen-bond donors (Lipinski definition) is 1. The highest BCUT2D eigenvalue weighted by molar-refractivity contribution is 6.28. The van der Waals surface area contributed by atoms with E-state index in [0.717, 1.165) is 35.1 Å². The van der Waals surface area contributed by atoms with Crippen LogP contribution in [0.2, 0.25) is 5.28 Å². The van der Waals surface area contributed by atoms with Crippen molar-refractivity contribution in [3.05, 3.63) is 51.9 Å². The second-order valence-corrected chi connectivity index (χ2v) is 7.27. The standard InChI is InChI=1S/C20H21ClN6O2/c1-12-9-15-13(10-14(12)22)17(5-6-23-15)29-8-4-3-7-27-18-16(26(2)20(27)28)11-24-19(21)25-18/h5-6,9-11H,3-4,7-8,22H2,1-2H3. The lowest BCUT2D eigenvalue weighted by molar-refractivity contribution is 0.306. The molecule has 0 unspecified atom stereocenters. The first-order valence-electron chi connectivity index (χ1n) is 9.31. The van der Waals surface area contributed by atoms with E-state index >= 15 is 0 Å². The summed E-state index contributed by atoms with van der Waals surface area (Å²) in [5.41, 5.74) is 9.66. The van der Waals surface area contributed by atoms with Crippen molar-refractivity contribution < 1.29 is 4.74 Å². The highest BCUT2D eigenvalue weighted by atomic mass is 35.5. The third-order valence-corrected chi connectivity index (χ3v) is 5.16. The SMILES string of the molecule is Cc1cc2nccc(OCCCCn3c(=O)n(C)c4cnc(Cl)nc43)c2cc1N. The van der Waals surface area contributed by atoms with Crippen molar-refractivity contribution in [2.75, 3.05) is 12.3 Å². The van der Waals surface area contributed by atoms with Crippen LogP contribution in [0.5, 0.6) is 5.75 Å². The minimum Gasteiger partial charge on any atom is -0.493 e. The average molecular weight is 413 g/mol. The molecule has 150 valence electrons. The van der Waals surface area contributed by atoms with E-state index in [2.05, 4.69) is 15.0 Å². The van der Waals surface area contributed by atoms with Gasteiger partial charge in [0.05, 0.1) is 18.3 Å². The molecule has 4 rings (SSSR count). The molecular weight excluding hydrogens is 392 g/mol. The van der Waals surface area contributed by atoms with Crippen molar-refractivity contribution in [2.24, 2.45) is 7.05 Å². The monoisotopic (exact) mass is 412 g/mol. The molecule has 4 aromatic rings. The van der Waals surface area contributed by atoms with Crippen LogP contribution in [0.1, 0.15) is 18.4 Å². The van der Waals surface area contributed by atoms with Gasteiger partial charge in [-0.25, -0.2) is 9.78 Å². The fraction of sp³-hybridized carbons (Fsp3) is 0.300. The number of pyridine rings is 1. The third-order valence-electron chi connectivity index (χ3n) is 4.98. The third kappa shape index (κ3) is 3.63. The second-order valence-electron chi connectivity index (χ2n) is 6.93. The molecule has 3 heterocycles. The van der Waals surface area contributed by atoms with Gasteiger partial charge in [-0.1, -0.05) is 0 Å². The van der Waals surface area contributed by atoms with Gasteiger partial charge in [0, 0.05) is 30.9 Å². The van der Waals surface area contributed by atoms with Crippen molar-refractivity contribution in [1.29, 1.82) is 0 Å². The second kappa shape index (κ2) is 7.71. The first-order valence-corrected chi connectivity index (χ1v) is 9.69. The van der Waals surface area contributed by atoms with Crippen LogP contribution in [0.4, 0.5) is 5.69 Å². The maximum Gasteiger partial charge on any atom is 0.330 e. The lowest BCUT2D eigenvalue weighted by Gasteiger charge is -2.10. The Kier molecular flexibility index (Phi) is 5.10. The molecule has 0 bridgehead atoms. The van der Waals surface area contributed by atoms with Crippen molar-refractivity contribution in [2.45, 2.75) is 26.3 Å².